The van der Waals surface area contributed by atoms with Crippen molar-refractivity contribution in [1.82, 2.24) is 0 Å². The molecule has 2 rings (SSSR count). The summed E-state index contributed by atoms with van der Waals surface area (Å²) in [6.07, 6.45) is 0. The average Bonchev–Trinajstić information content (AvgIpc) is 2.32. The van der Waals surface area contributed by atoms with Gasteiger partial charge < -0.3 is 4.74 Å². The number of hydrogen-bond donors (Lipinski definition) is 0. The van der Waals surface area contributed by atoms with Gasteiger partial charge in [-0.05, 0) is 36.4 Å². The van der Waals surface area contributed by atoms with Crippen molar-refractivity contribution in [2.45, 2.75) is 5.33 Å². The molecule has 0 saturated heterocycles. The van der Waals surface area contributed by atoms with Crippen molar-refractivity contribution >= 4 is 43.5 Å². The summed E-state index contributed by atoms with van der Waals surface area (Å²) in [5.74, 6) is 1.56. The van der Waals surface area contributed by atoms with E-state index in [4.69, 9.17) is 16.3 Å². The zero-order valence-corrected chi connectivity index (χ0v) is 12.7. The Hall–Kier alpha value is -0.510. The molecule has 0 fully saturated rings. The van der Waals surface area contributed by atoms with Crippen LogP contribution in [0.2, 0.25) is 5.02 Å². The van der Waals surface area contributed by atoms with Crippen LogP contribution in [-0.2, 0) is 5.33 Å². The van der Waals surface area contributed by atoms with Gasteiger partial charge in [0.05, 0.1) is 0 Å². The molecule has 0 unspecified atom stereocenters. The summed E-state index contributed by atoms with van der Waals surface area (Å²) < 4.78 is 6.83. The molecule has 88 valence electrons. The van der Waals surface area contributed by atoms with Crippen LogP contribution in [-0.4, -0.2) is 0 Å². The molecule has 0 spiro atoms. The minimum Gasteiger partial charge on any atom is -0.457 e. The van der Waals surface area contributed by atoms with Crippen LogP contribution in [0, 0.1) is 0 Å². The maximum Gasteiger partial charge on any atom is 0.132 e. The molecule has 0 N–H and O–H groups in total. The summed E-state index contributed by atoms with van der Waals surface area (Å²) in [7, 11) is 0. The summed E-state index contributed by atoms with van der Waals surface area (Å²) >= 11 is 12.8. The molecule has 0 heterocycles. The van der Waals surface area contributed by atoms with Crippen molar-refractivity contribution in [2.24, 2.45) is 0 Å². The van der Waals surface area contributed by atoms with Gasteiger partial charge in [-0.2, -0.15) is 0 Å². The van der Waals surface area contributed by atoms with Crippen LogP contribution in [0.5, 0.6) is 11.5 Å². The molecule has 0 radical (unpaired) electrons. The number of benzene rings is 2. The minimum atomic E-state index is 0.668. The quantitative estimate of drug-likeness (QED) is 0.616. The van der Waals surface area contributed by atoms with E-state index in [1.807, 2.05) is 42.5 Å². The Morgan fingerprint density at radius 3 is 2.41 bits per heavy atom. The monoisotopic (exact) mass is 374 g/mol. The molecule has 0 aliphatic rings. The van der Waals surface area contributed by atoms with E-state index < -0.39 is 0 Å². The van der Waals surface area contributed by atoms with E-state index in [0.717, 1.165) is 26.9 Å². The molecule has 0 aliphatic carbocycles. The van der Waals surface area contributed by atoms with Gasteiger partial charge in [0.1, 0.15) is 11.5 Å². The Labute approximate surface area is 122 Å². The SMILES string of the molecule is Clc1ccc(CBr)c(Oc2ccc(Br)cc2)c1. The predicted molar refractivity (Wildman–Crippen MR) is 78.3 cm³/mol. The lowest BCUT2D eigenvalue weighted by Gasteiger charge is -2.10. The highest BCUT2D eigenvalue weighted by Crippen LogP contribution is 2.30. The van der Waals surface area contributed by atoms with E-state index in [9.17, 15) is 0 Å². The zero-order valence-electron chi connectivity index (χ0n) is 8.79. The highest BCUT2D eigenvalue weighted by atomic mass is 79.9. The van der Waals surface area contributed by atoms with Crippen molar-refractivity contribution in [3.8, 4) is 11.5 Å². The topological polar surface area (TPSA) is 9.23 Å². The molecule has 0 aromatic heterocycles. The van der Waals surface area contributed by atoms with Crippen LogP contribution in [0.1, 0.15) is 5.56 Å². The fourth-order valence-corrected chi connectivity index (χ4v) is 2.25. The largest absolute Gasteiger partial charge is 0.457 e. The Bertz CT molecular complexity index is 511. The Morgan fingerprint density at radius 1 is 1.06 bits per heavy atom. The van der Waals surface area contributed by atoms with Gasteiger partial charge in [0.25, 0.3) is 0 Å². The maximum absolute atomic E-state index is 5.96. The fraction of sp³-hybridized carbons (Fsp3) is 0.0769. The lowest BCUT2D eigenvalue weighted by Crippen LogP contribution is -1.89. The Balaban J connectivity index is 2.28. The van der Waals surface area contributed by atoms with Gasteiger partial charge in [0, 0.05) is 20.4 Å². The number of hydrogen-bond acceptors (Lipinski definition) is 1. The van der Waals surface area contributed by atoms with E-state index in [2.05, 4.69) is 31.9 Å². The highest BCUT2D eigenvalue weighted by molar-refractivity contribution is 9.10. The Morgan fingerprint density at radius 2 is 1.76 bits per heavy atom. The first-order chi connectivity index (χ1) is 8.19. The normalized spacial score (nSPS) is 10.3. The summed E-state index contributed by atoms with van der Waals surface area (Å²) in [5, 5.41) is 1.40. The van der Waals surface area contributed by atoms with Gasteiger partial charge >= 0.3 is 0 Å². The van der Waals surface area contributed by atoms with E-state index in [1.165, 1.54) is 0 Å². The van der Waals surface area contributed by atoms with Crippen LogP contribution in [0.4, 0.5) is 0 Å². The molecule has 0 atom stereocenters. The van der Waals surface area contributed by atoms with Crippen molar-refractivity contribution in [3.63, 3.8) is 0 Å². The van der Waals surface area contributed by atoms with Crippen LogP contribution >= 0.6 is 43.5 Å². The van der Waals surface area contributed by atoms with Gasteiger partial charge in [-0.15, -0.1) is 0 Å². The summed E-state index contributed by atoms with van der Waals surface area (Å²) in [4.78, 5) is 0. The van der Waals surface area contributed by atoms with Crippen molar-refractivity contribution < 1.29 is 4.74 Å². The molecular formula is C13H9Br2ClO. The lowest BCUT2D eigenvalue weighted by atomic mass is 10.2. The highest BCUT2D eigenvalue weighted by Gasteiger charge is 2.05. The van der Waals surface area contributed by atoms with Gasteiger partial charge in [-0.25, -0.2) is 0 Å². The van der Waals surface area contributed by atoms with Gasteiger partial charge in [-0.1, -0.05) is 49.5 Å². The van der Waals surface area contributed by atoms with Crippen LogP contribution in [0.15, 0.2) is 46.9 Å². The second kappa shape index (κ2) is 5.89. The third-order valence-corrected chi connectivity index (χ3v) is 3.58. The third kappa shape index (κ3) is 3.47. The number of halogens is 3. The standard InChI is InChI=1S/C13H9Br2ClO/c14-8-9-1-4-11(16)7-13(9)17-12-5-2-10(15)3-6-12/h1-7H,8H2. The maximum atomic E-state index is 5.96. The van der Waals surface area contributed by atoms with Crippen LogP contribution in [0.25, 0.3) is 0 Å². The molecule has 0 amide bonds. The van der Waals surface area contributed by atoms with Gasteiger partial charge in [0.15, 0.2) is 0 Å². The first kappa shape index (κ1) is 12.9. The van der Waals surface area contributed by atoms with Crippen molar-refractivity contribution in [3.05, 3.63) is 57.5 Å². The van der Waals surface area contributed by atoms with Crippen LogP contribution < -0.4 is 4.74 Å². The summed E-state index contributed by atoms with van der Waals surface area (Å²) in [5.41, 5.74) is 1.07. The third-order valence-electron chi connectivity index (χ3n) is 2.21. The average molecular weight is 376 g/mol. The Kier molecular flexibility index (Phi) is 4.48. The predicted octanol–water partition coefficient (Wildman–Crippen LogP) is 5.79. The molecule has 0 saturated carbocycles. The van der Waals surface area contributed by atoms with E-state index in [-0.39, 0.29) is 0 Å². The van der Waals surface area contributed by atoms with Crippen molar-refractivity contribution in [1.29, 1.82) is 0 Å². The minimum absolute atomic E-state index is 0.668. The second-order valence-corrected chi connectivity index (χ2v) is 5.35. The summed E-state index contributed by atoms with van der Waals surface area (Å²) in [6, 6.07) is 13.3. The van der Waals surface area contributed by atoms with E-state index in [1.54, 1.807) is 0 Å². The summed E-state index contributed by atoms with van der Waals surface area (Å²) in [6.45, 7) is 0. The smallest absolute Gasteiger partial charge is 0.132 e. The first-order valence-corrected chi connectivity index (χ1v) is 7.26. The number of ether oxygens (including phenoxy) is 1. The molecular weight excluding hydrogens is 367 g/mol. The van der Waals surface area contributed by atoms with Crippen molar-refractivity contribution in [2.75, 3.05) is 0 Å². The number of rotatable bonds is 3. The number of alkyl halides is 1. The van der Waals surface area contributed by atoms with E-state index in [0.29, 0.717) is 5.02 Å². The molecule has 4 heteroatoms. The van der Waals surface area contributed by atoms with Gasteiger partial charge in [0.2, 0.25) is 0 Å². The molecule has 17 heavy (non-hydrogen) atoms. The second-order valence-electron chi connectivity index (χ2n) is 3.44. The lowest BCUT2D eigenvalue weighted by molar-refractivity contribution is 0.478. The zero-order chi connectivity index (χ0) is 12.3. The van der Waals surface area contributed by atoms with Crippen LogP contribution in [0.3, 0.4) is 0 Å². The fourth-order valence-electron chi connectivity index (χ4n) is 1.36. The molecule has 2 aromatic carbocycles. The first-order valence-electron chi connectivity index (χ1n) is 4.97. The van der Waals surface area contributed by atoms with Gasteiger partial charge in [-0.3, -0.25) is 0 Å². The molecule has 1 nitrogen and oxygen atoms in total. The molecule has 2 aromatic rings. The van der Waals surface area contributed by atoms with E-state index >= 15 is 0 Å². The molecule has 0 bridgehead atoms. The molecule has 0 aliphatic heterocycles.